The first-order valence-electron chi connectivity index (χ1n) is 10.0. The van der Waals surface area contributed by atoms with Crippen LogP contribution < -0.4 is 10.6 Å². The minimum Gasteiger partial charge on any atom is -0.390 e. The second-order valence-electron chi connectivity index (χ2n) is 8.21. The summed E-state index contributed by atoms with van der Waals surface area (Å²) in [5.41, 5.74) is -0.234. The first-order valence-corrected chi connectivity index (χ1v) is 10.0. The number of nitrogens with zero attached hydrogens (tertiary/aromatic N) is 3. The molecular formula is C20H31N5O2. The van der Waals surface area contributed by atoms with Crippen molar-refractivity contribution in [3.05, 3.63) is 11.8 Å². The van der Waals surface area contributed by atoms with Gasteiger partial charge in [0.05, 0.1) is 17.9 Å². The van der Waals surface area contributed by atoms with Crippen molar-refractivity contribution in [3.8, 4) is 6.07 Å². The standard InChI is InChI=1S/C20H31N5O2/c1-20(26)10-4-3-5-16(11-20)23-18-14(12-21)13-22-19(25-18)24-15-6-8-17(27-2)9-7-15/h13,15-17,26H,3-11H2,1-2H3,(H2,22,23,24,25)/t15-,16-,17-,20+/m1/s1. The quantitative estimate of drug-likeness (QED) is 0.681. The molecule has 27 heavy (non-hydrogen) atoms. The molecule has 0 amide bonds. The van der Waals surface area contributed by atoms with E-state index in [0.29, 0.717) is 35.9 Å². The van der Waals surface area contributed by atoms with Gasteiger partial charge in [-0.3, -0.25) is 0 Å². The summed E-state index contributed by atoms with van der Waals surface area (Å²) in [5, 5.41) is 26.7. The van der Waals surface area contributed by atoms with Gasteiger partial charge in [0.15, 0.2) is 0 Å². The number of methoxy groups -OCH3 is 1. The number of hydrogen-bond donors (Lipinski definition) is 3. The molecule has 0 aliphatic heterocycles. The van der Waals surface area contributed by atoms with E-state index in [2.05, 4.69) is 26.7 Å². The molecule has 0 unspecified atom stereocenters. The highest BCUT2D eigenvalue weighted by molar-refractivity contribution is 5.54. The summed E-state index contributed by atoms with van der Waals surface area (Å²) in [7, 11) is 1.77. The predicted molar refractivity (Wildman–Crippen MR) is 105 cm³/mol. The molecule has 2 fully saturated rings. The van der Waals surface area contributed by atoms with Crippen LogP contribution in [0.15, 0.2) is 6.20 Å². The topological polar surface area (TPSA) is 103 Å². The third-order valence-electron chi connectivity index (χ3n) is 5.79. The minimum atomic E-state index is -0.672. The molecule has 2 aliphatic rings. The van der Waals surface area contributed by atoms with Crippen LogP contribution in [0, 0.1) is 11.3 Å². The molecule has 1 heterocycles. The number of ether oxygens (including phenoxy) is 1. The zero-order valence-corrected chi connectivity index (χ0v) is 16.4. The fraction of sp³-hybridized carbons (Fsp3) is 0.750. The van der Waals surface area contributed by atoms with Gasteiger partial charge in [-0.25, -0.2) is 4.98 Å². The molecule has 2 saturated carbocycles. The van der Waals surface area contributed by atoms with Gasteiger partial charge in [-0.2, -0.15) is 10.2 Å². The van der Waals surface area contributed by atoms with Crippen molar-refractivity contribution in [2.75, 3.05) is 17.7 Å². The third-order valence-corrected chi connectivity index (χ3v) is 5.79. The van der Waals surface area contributed by atoms with E-state index >= 15 is 0 Å². The highest BCUT2D eigenvalue weighted by atomic mass is 16.5. The largest absolute Gasteiger partial charge is 0.390 e. The Morgan fingerprint density at radius 1 is 1.19 bits per heavy atom. The average molecular weight is 374 g/mol. The molecule has 0 spiro atoms. The Bertz CT molecular complexity index is 665. The lowest BCUT2D eigenvalue weighted by Gasteiger charge is -2.28. The van der Waals surface area contributed by atoms with E-state index in [4.69, 9.17) is 4.74 Å². The van der Waals surface area contributed by atoms with E-state index in [1.807, 2.05) is 6.92 Å². The normalized spacial score (nSPS) is 31.6. The van der Waals surface area contributed by atoms with E-state index in [1.54, 1.807) is 13.3 Å². The Labute approximate surface area is 161 Å². The van der Waals surface area contributed by atoms with Gasteiger partial charge in [0.25, 0.3) is 0 Å². The molecule has 0 saturated heterocycles. The summed E-state index contributed by atoms with van der Waals surface area (Å²) >= 11 is 0. The molecular weight excluding hydrogens is 342 g/mol. The number of rotatable bonds is 5. The van der Waals surface area contributed by atoms with Crippen LogP contribution in [0.2, 0.25) is 0 Å². The summed E-state index contributed by atoms with van der Waals surface area (Å²) in [6.07, 6.45) is 10.6. The molecule has 1 aromatic rings. The van der Waals surface area contributed by atoms with E-state index in [0.717, 1.165) is 51.4 Å². The maximum Gasteiger partial charge on any atom is 0.224 e. The van der Waals surface area contributed by atoms with Crippen LogP contribution in [0.4, 0.5) is 11.8 Å². The lowest BCUT2D eigenvalue weighted by atomic mass is 9.93. The van der Waals surface area contributed by atoms with Gasteiger partial charge in [-0.1, -0.05) is 12.8 Å². The van der Waals surface area contributed by atoms with E-state index < -0.39 is 5.60 Å². The molecule has 2 atom stereocenters. The Kier molecular flexibility index (Phi) is 6.51. The zero-order chi connectivity index (χ0) is 19.3. The fourth-order valence-electron chi connectivity index (χ4n) is 4.22. The van der Waals surface area contributed by atoms with Crippen molar-refractivity contribution >= 4 is 11.8 Å². The number of nitrogens with one attached hydrogen (secondary N) is 2. The van der Waals surface area contributed by atoms with Gasteiger partial charge in [-0.05, 0) is 51.9 Å². The van der Waals surface area contributed by atoms with Crippen molar-refractivity contribution < 1.29 is 9.84 Å². The Morgan fingerprint density at radius 2 is 1.96 bits per heavy atom. The van der Waals surface area contributed by atoms with Crippen molar-refractivity contribution in [1.82, 2.24) is 9.97 Å². The fourth-order valence-corrected chi connectivity index (χ4v) is 4.22. The highest BCUT2D eigenvalue weighted by Gasteiger charge is 2.29. The average Bonchev–Trinajstić information content (AvgIpc) is 2.82. The van der Waals surface area contributed by atoms with Crippen molar-refractivity contribution in [2.45, 2.75) is 88.5 Å². The maximum atomic E-state index is 10.5. The summed E-state index contributed by atoms with van der Waals surface area (Å²) in [6, 6.07) is 2.61. The summed E-state index contributed by atoms with van der Waals surface area (Å²) in [6.45, 7) is 1.89. The lowest BCUT2D eigenvalue weighted by Crippen LogP contribution is -2.32. The number of hydrogen-bond acceptors (Lipinski definition) is 7. The van der Waals surface area contributed by atoms with Gasteiger partial charge in [0.1, 0.15) is 17.5 Å². The van der Waals surface area contributed by atoms with E-state index in [1.165, 1.54) is 0 Å². The van der Waals surface area contributed by atoms with Gasteiger partial charge < -0.3 is 20.5 Å². The van der Waals surface area contributed by atoms with Crippen LogP contribution in [0.5, 0.6) is 0 Å². The van der Waals surface area contributed by atoms with Gasteiger partial charge in [0, 0.05) is 19.2 Å². The van der Waals surface area contributed by atoms with Gasteiger partial charge in [0.2, 0.25) is 5.95 Å². The Hall–Kier alpha value is -1.91. The molecule has 3 rings (SSSR count). The van der Waals surface area contributed by atoms with E-state index in [9.17, 15) is 10.4 Å². The van der Waals surface area contributed by atoms with Crippen LogP contribution in [0.25, 0.3) is 0 Å². The molecule has 0 bridgehead atoms. The first-order chi connectivity index (χ1) is 13.0. The SMILES string of the molecule is CO[C@H]1CC[C@H](Nc2ncc(C#N)c(N[C@@H]3CCCC[C@](C)(O)C3)n2)CC1. The van der Waals surface area contributed by atoms with Crippen LogP contribution in [0.1, 0.15) is 70.3 Å². The molecule has 1 aromatic heterocycles. The Balaban J connectivity index is 1.67. The Morgan fingerprint density at radius 3 is 2.67 bits per heavy atom. The number of nitriles is 1. The number of aromatic nitrogens is 2. The highest BCUT2D eigenvalue weighted by Crippen LogP contribution is 2.29. The number of anilines is 2. The van der Waals surface area contributed by atoms with E-state index in [-0.39, 0.29) is 6.04 Å². The zero-order valence-electron chi connectivity index (χ0n) is 16.4. The lowest BCUT2D eigenvalue weighted by molar-refractivity contribution is 0.0420. The second-order valence-corrected chi connectivity index (χ2v) is 8.21. The molecule has 148 valence electrons. The molecule has 7 heteroatoms. The third kappa shape index (κ3) is 5.53. The predicted octanol–water partition coefficient (Wildman–Crippen LogP) is 3.21. The van der Waals surface area contributed by atoms with Crippen LogP contribution in [-0.2, 0) is 4.74 Å². The van der Waals surface area contributed by atoms with Crippen molar-refractivity contribution in [3.63, 3.8) is 0 Å². The minimum absolute atomic E-state index is 0.106. The van der Waals surface area contributed by atoms with Gasteiger partial charge >= 0.3 is 0 Å². The second kappa shape index (κ2) is 8.85. The molecule has 2 aliphatic carbocycles. The monoisotopic (exact) mass is 373 g/mol. The number of aliphatic hydroxyl groups is 1. The van der Waals surface area contributed by atoms with Crippen molar-refractivity contribution in [2.24, 2.45) is 0 Å². The summed E-state index contributed by atoms with van der Waals surface area (Å²) < 4.78 is 5.43. The molecule has 0 radical (unpaired) electrons. The summed E-state index contributed by atoms with van der Waals surface area (Å²) in [5.74, 6) is 1.11. The van der Waals surface area contributed by atoms with Crippen LogP contribution in [0.3, 0.4) is 0 Å². The van der Waals surface area contributed by atoms with Crippen molar-refractivity contribution in [1.29, 1.82) is 5.26 Å². The smallest absolute Gasteiger partial charge is 0.224 e. The van der Waals surface area contributed by atoms with Gasteiger partial charge in [-0.15, -0.1) is 0 Å². The molecule has 7 nitrogen and oxygen atoms in total. The maximum absolute atomic E-state index is 10.5. The van der Waals surface area contributed by atoms with Crippen LogP contribution in [-0.4, -0.2) is 46.0 Å². The molecule has 0 aromatic carbocycles. The van der Waals surface area contributed by atoms with Crippen LogP contribution >= 0.6 is 0 Å². The summed E-state index contributed by atoms with van der Waals surface area (Å²) in [4.78, 5) is 8.90. The molecule has 3 N–H and O–H groups in total. The first kappa shape index (κ1) is 19.8.